The largest absolute Gasteiger partial charge is 0.370 e. The number of primary amides is 2. The Morgan fingerprint density at radius 2 is 1.62 bits per heavy atom. The molecule has 0 saturated heterocycles. The molecule has 4 N–H and O–H groups in total. The van der Waals surface area contributed by atoms with E-state index in [-0.39, 0.29) is 12.8 Å². The molecule has 0 atom stereocenters. The number of amides is 2. The molecule has 0 spiro atoms. The Labute approximate surface area is 95.3 Å². The van der Waals surface area contributed by atoms with Crippen molar-refractivity contribution in [3.05, 3.63) is 0 Å². The van der Waals surface area contributed by atoms with Gasteiger partial charge in [0.15, 0.2) is 0 Å². The summed E-state index contributed by atoms with van der Waals surface area (Å²) in [7, 11) is 0. The second kappa shape index (κ2) is 7.19. The first kappa shape index (κ1) is 14.9. The average molecular weight is 232 g/mol. The molecule has 0 aliphatic carbocycles. The third kappa shape index (κ3) is 4.59. The molecular weight excluding hydrogens is 212 g/mol. The lowest BCUT2D eigenvalue weighted by Crippen LogP contribution is -2.49. The zero-order valence-electron chi connectivity index (χ0n) is 9.82. The molecule has 0 aliphatic rings. The van der Waals surface area contributed by atoms with E-state index in [1.54, 1.807) is 13.8 Å². The first-order valence-corrected chi connectivity index (χ1v) is 5.34. The smallest absolute Gasteiger partial charge is 0.277 e. The van der Waals surface area contributed by atoms with Crippen LogP contribution in [-0.4, -0.2) is 30.8 Å². The topological polar surface area (TPSA) is 105 Å². The number of nitrogens with two attached hydrogens (primary N) is 2. The van der Waals surface area contributed by atoms with E-state index in [0.717, 1.165) is 0 Å². The molecule has 0 fully saturated rings. The van der Waals surface area contributed by atoms with Crippen molar-refractivity contribution >= 4 is 11.8 Å². The SMILES string of the molecule is CCOC(CCCC(N)=O)(OCC)C(N)=O. The van der Waals surface area contributed by atoms with Gasteiger partial charge in [-0.05, 0) is 20.3 Å². The number of hydrogen-bond donors (Lipinski definition) is 2. The standard InChI is InChI=1S/C10H20N2O4/c1-3-15-10(9(12)14,16-4-2)7-5-6-8(11)13/h3-7H2,1-2H3,(H2,11,13)(H2,12,14). The van der Waals surface area contributed by atoms with Crippen molar-refractivity contribution in [2.45, 2.75) is 38.9 Å². The van der Waals surface area contributed by atoms with E-state index in [9.17, 15) is 9.59 Å². The van der Waals surface area contributed by atoms with Crippen molar-refractivity contribution < 1.29 is 19.1 Å². The van der Waals surface area contributed by atoms with Crippen LogP contribution in [0.5, 0.6) is 0 Å². The summed E-state index contributed by atoms with van der Waals surface area (Å²) in [5, 5.41) is 0. The summed E-state index contributed by atoms with van der Waals surface area (Å²) in [6, 6.07) is 0. The summed E-state index contributed by atoms with van der Waals surface area (Å²) in [5.41, 5.74) is 10.3. The molecular formula is C10H20N2O4. The van der Waals surface area contributed by atoms with Gasteiger partial charge in [0.05, 0.1) is 0 Å². The van der Waals surface area contributed by atoms with Crippen LogP contribution in [0.2, 0.25) is 0 Å². The van der Waals surface area contributed by atoms with E-state index in [1.165, 1.54) is 0 Å². The monoisotopic (exact) mass is 232 g/mol. The summed E-state index contributed by atoms with van der Waals surface area (Å²) >= 11 is 0. The number of ether oxygens (including phenoxy) is 2. The van der Waals surface area contributed by atoms with E-state index in [1.807, 2.05) is 0 Å². The molecule has 0 aliphatic heterocycles. The van der Waals surface area contributed by atoms with E-state index in [0.29, 0.717) is 19.6 Å². The van der Waals surface area contributed by atoms with Gasteiger partial charge in [0.1, 0.15) is 0 Å². The highest BCUT2D eigenvalue weighted by atomic mass is 16.7. The molecule has 0 aromatic carbocycles. The van der Waals surface area contributed by atoms with Gasteiger partial charge in [0.25, 0.3) is 5.91 Å². The van der Waals surface area contributed by atoms with Gasteiger partial charge in [0, 0.05) is 26.1 Å². The van der Waals surface area contributed by atoms with E-state index < -0.39 is 17.6 Å². The van der Waals surface area contributed by atoms with Crippen molar-refractivity contribution in [1.82, 2.24) is 0 Å². The Morgan fingerprint density at radius 1 is 1.12 bits per heavy atom. The van der Waals surface area contributed by atoms with Gasteiger partial charge >= 0.3 is 0 Å². The molecule has 16 heavy (non-hydrogen) atoms. The van der Waals surface area contributed by atoms with Gasteiger partial charge in [-0.3, -0.25) is 9.59 Å². The van der Waals surface area contributed by atoms with Crippen LogP contribution in [0.1, 0.15) is 33.1 Å². The fourth-order valence-electron chi connectivity index (χ4n) is 1.41. The Bertz CT molecular complexity index is 237. The van der Waals surface area contributed by atoms with Crippen LogP contribution < -0.4 is 11.5 Å². The van der Waals surface area contributed by atoms with Gasteiger partial charge < -0.3 is 20.9 Å². The van der Waals surface area contributed by atoms with E-state index >= 15 is 0 Å². The quantitative estimate of drug-likeness (QED) is 0.541. The molecule has 0 heterocycles. The summed E-state index contributed by atoms with van der Waals surface area (Å²) < 4.78 is 10.5. The second-order valence-electron chi connectivity index (χ2n) is 3.30. The average Bonchev–Trinajstić information content (AvgIpc) is 2.17. The lowest BCUT2D eigenvalue weighted by molar-refractivity contribution is -0.228. The van der Waals surface area contributed by atoms with Gasteiger partial charge in [-0.1, -0.05) is 0 Å². The normalized spacial score (nSPS) is 11.4. The molecule has 94 valence electrons. The maximum atomic E-state index is 11.3. The number of hydrogen-bond acceptors (Lipinski definition) is 4. The summed E-state index contributed by atoms with van der Waals surface area (Å²) in [6.45, 7) is 4.09. The van der Waals surface area contributed by atoms with Crippen LogP contribution in [0, 0.1) is 0 Å². The van der Waals surface area contributed by atoms with Crippen LogP contribution in [0.3, 0.4) is 0 Å². The van der Waals surface area contributed by atoms with Gasteiger partial charge in [0.2, 0.25) is 11.7 Å². The first-order valence-electron chi connectivity index (χ1n) is 5.34. The molecule has 6 nitrogen and oxygen atoms in total. The summed E-state index contributed by atoms with van der Waals surface area (Å²) in [4.78, 5) is 21.9. The Kier molecular flexibility index (Phi) is 6.67. The van der Waals surface area contributed by atoms with Crippen molar-refractivity contribution in [3.8, 4) is 0 Å². The fraction of sp³-hybridized carbons (Fsp3) is 0.800. The lowest BCUT2D eigenvalue weighted by atomic mass is 10.1. The molecule has 0 radical (unpaired) electrons. The van der Waals surface area contributed by atoms with E-state index in [2.05, 4.69) is 0 Å². The molecule has 0 rings (SSSR count). The Morgan fingerprint density at radius 3 is 1.94 bits per heavy atom. The van der Waals surface area contributed by atoms with Crippen LogP contribution >= 0.6 is 0 Å². The van der Waals surface area contributed by atoms with Crippen molar-refractivity contribution in [3.63, 3.8) is 0 Å². The summed E-state index contributed by atoms with van der Waals surface area (Å²) in [6.07, 6.45) is 0.806. The molecule has 0 unspecified atom stereocenters. The van der Waals surface area contributed by atoms with Gasteiger partial charge in [-0.15, -0.1) is 0 Å². The minimum Gasteiger partial charge on any atom is -0.370 e. The minimum atomic E-state index is -1.43. The van der Waals surface area contributed by atoms with Crippen LogP contribution in [0.4, 0.5) is 0 Å². The Balaban J connectivity index is 4.48. The maximum Gasteiger partial charge on any atom is 0.277 e. The minimum absolute atomic E-state index is 0.176. The van der Waals surface area contributed by atoms with Gasteiger partial charge in [-0.25, -0.2) is 0 Å². The van der Waals surface area contributed by atoms with Crippen LogP contribution in [0.15, 0.2) is 0 Å². The van der Waals surface area contributed by atoms with Crippen LogP contribution in [0.25, 0.3) is 0 Å². The van der Waals surface area contributed by atoms with Crippen molar-refractivity contribution in [2.75, 3.05) is 13.2 Å². The third-order valence-electron chi connectivity index (χ3n) is 2.06. The fourth-order valence-corrected chi connectivity index (χ4v) is 1.41. The number of carbonyl (C=O) groups excluding carboxylic acids is 2. The molecule has 2 amide bonds. The third-order valence-corrected chi connectivity index (χ3v) is 2.06. The predicted octanol–water partition coefficient (Wildman–Crippen LogP) is -0.103. The number of carbonyl (C=O) groups is 2. The molecule has 0 bridgehead atoms. The second-order valence-corrected chi connectivity index (χ2v) is 3.30. The molecule has 0 aromatic rings. The zero-order chi connectivity index (χ0) is 12.6. The van der Waals surface area contributed by atoms with Crippen LogP contribution in [-0.2, 0) is 19.1 Å². The Hall–Kier alpha value is -1.14. The van der Waals surface area contributed by atoms with Gasteiger partial charge in [-0.2, -0.15) is 0 Å². The van der Waals surface area contributed by atoms with Crippen molar-refractivity contribution in [1.29, 1.82) is 0 Å². The maximum absolute atomic E-state index is 11.3. The first-order chi connectivity index (χ1) is 7.48. The summed E-state index contributed by atoms with van der Waals surface area (Å²) in [5.74, 6) is -2.54. The highest BCUT2D eigenvalue weighted by molar-refractivity contribution is 5.82. The van der Waals surface area contributed by atoms with Crippen molar-refractivity contribution in [2.24, 2.45) is 11.5 Å². The highest BCUT2D eigenvalue weighted by Crippen LogP contribution is 2.21. The molecule has 6 heteroatoms. The highest BCUT2D eigenvalue weighted by Gasteiger charge is 2.37. The number of rotatable bonds is 9. The molecule has 0 aromatic heterocycles. The predicted molar refractivity (Wildman–Crippen MR) is 58.2 cm³/mol. The molecule has 0 saturated carbocycles. The van der Waals surface area contributed by atoms with E-state index in [4.69, 9.17) is 20.9 Å². The lowest BCUT2D eigenvalue weighted by Gasteiger charge is -2.29. The zero-order valence-corrected chi connectivity index (χ0v) is 9.82.